The van der Waals surface area contributed by atoms with E-state index in [-0.39, 0.29) is 17.1 Å². The van der Waals surface area contributed by atoms with Gasteiger partial charge in [-0.1, -0.05) is 6.07 Å². The summed E-state index contributed by atoms with van der Waals surface area (Å²) in [5.41, 5.74) is -8.71. The molecule has 20 heteroatoms. The summed E-state index contributed by atoms with van der Waals surface area (Å²) in [6, 6.07) is 11.8. The fraction of sp³-hybridized carbons (Fsp3) is 0.545. The van der Waals surface area contributed by atoms with Crippen molar-refractivity contribution >= 4 is 36.2 Å². The maximum atomic E-state index is 10.7. The molecule has 2 saturated heterocycles. The normalized spacial score (nSPS) is 20.1. The van der Waals surface area contributed by atoms with Crippen LogP contribution in [0.3, 0.4) is 0 Å². The zero-order chi connectivity index (χ0) is 31.1. The molecule has 0 spiro atoms. The molecule has 0 amide bonds. The second-order valence-electron chi connectivity index (χ2n) is 8.99. The number of alkyl halides is 6. The average molecular weight is 757 g/mol. The summed E-state index contributed by atoms with van der Waals surface area (Å²) >= 11 is 3.47. The van der Waals surface area contributed by atoms with Gasteiger partial charge >= 0.3 is 31.3 Å². The molecule has 2 aromatic rings. The van der Waals surface area contributed by atoms with Crippen LogP contribution in [0.15, 0.2) is 47.2 Å². The Morgan fingerprint density at radius 3 is 1.55 bits per heavy atom. The number of pyridine rings is 2. The van der Waals surface area contributed by atoms with E-state index in [0.717, 1.165) is 17.6 Å². The Bertz CT molecular complexity index is 1280. The number of hydrogen-bond donors (Lipinski definition) is 2. The largest absolute Gasteiger partial charge is 0.522 e. The molecule has 10 nitrogen and oxygen atoms in total. The van der Waals surface area contributed by atoms with Crippen LogP contribution < -0.4 is 0 Å². The summed E-state index contributed by atoms with van der Waals surface area (Å²) < 4.78 is 116. The Hall–Kier alpha value is -1.38. The molecule has 0 bridgehead atoms. The smallest absolute Gasteiger partial charge is 0.293 e. The van der Waals surface area contributed by atoms with Gasteiger partial charge in [0, 0.05) is 59.1 Å². The molecular formula is C22H27BrF6FeN4O6S2. The second-order valence-corrected chi connectivity index (χ2v) is 12.7. The van der Waals surface area contributed by atoms with Crippen molar-refractivity contribution in [1.29, 1.82) is 0 Å². The van der Waals surface area contributed by atoms with Gasteiger partial charge in [0.1, 0.15) is 0 Å². The fourth-order valence-electron chi connectivity index (χ4n) is 4.38. The van der Waals surface area contributed by atoms with E-state index >= 15 is 0 Å². The molecule has 42 heavy (non-hydrogen) atoms. The first-order chi connectivity index (χ1) is 18.8. The van der Waals surface area contributed by atoms with E-state index in [0.29, 0.717) is 12.1 Å². The first kappa shape index (κ1) is 38.6. The third kappa shape index (κ3) is 12.3. The van der Waals surface area contributed by atoms with Crippen molar-refractivity contribution in [3.05, 3.63) is 58.6 Å². The zero-order valence-electron chi connectivity index (χ0n) is 21.5. The van der Waals surface area contributed by atoms with E-state index in [1.807, 2.05) is 18.5 Å². The van der Waals surface area contributed by atoms with Gasteiger partial charge in [0.05, 0.1) is 11.4 Å². The summed E-state index contributed by atoms with van der Waals surface area (Å²) in [7, 11) is -11.7. The maximum absolute atomic E-state index is 10.7. The van der Waals surface area contributed by atoms with Crippen LogP contribution in [-0.2, 0) is 50.4 Å². The molecule has 4 rings (SSSR count). The Morgan fingerprint density at radius 2 is 1.21 bits per heavy atom. The second kappa shape index (κ2) is 16.1. The summed E-state index contributed by atoms with van der Waals surface area (Å²) in [4.78, 5) is 14.4. The van der Waals surface area contributed by atoms with Gasteiger partial charge in [0.15, 0.2) is 0 Å². The number of likely N-dealkylation sites (tertiary alicyclic amines) is 2. The molecule has 2 N–H and O–H groups in total. The van der Waals surface area contributed by atoms with Crippen LogP contribution in [-0.4, -0.2) is 81.9 Å². The maximum Gasteiger partial charge on any atom is 0.522 e. The monoisotopic (exact) mass is 756 g/mol. The molecule has 0 aromatic carbocycles. The molecule has 0 saturated carbocycles. The van der Waals surface area contributed by atoms with Crippen molar-refractivity contribution < 1.29 is 69.4 Å². The third-order valence-corrected chi connectivity index (χ3v) is 7.74. The van der Waals surface area contributed by atoms with Crippen LogP contribution in [0.1, 0.15) is 37.1 Å². The van der Waals surface area contributed by atoms with Crippen LogP contribution in [0.4, 0.5) is 26.3 Å². The minimum absolute atomic E-state index is 0. The van der Waals surface area contributed by atoms with E-state index in [9.17, 15) is 26.3 Å². The van der Waals surface area contributed by atoms with Crippen molar-refractivity contribution in [2.24, 2.45) is 0 Å². The van der Waals surface area contributed by atoms with Gasteiger partial charge in [0.25, 0.3) is 0 Å². The van der Waals surface area contributed by atoms with Crippen molar-refractivity contribution in [2.75, 3.05) is 13.1 Å². The van der Waals surface area contributed by atoms with Crippen LogP contribution in [0.25, 0.3) is 0 Å². The van der Waals surface area contributed by atoms with Crippen LogP contribution in [0.5, 0.6) is 0 Å². The van der Waals surface area contributed by atoms with Gasteiger partial charge in [-0.2, -0.15) is 43.2 Å². The van der Waals surface area contributed by atoms with Crippen molar-refractivity contribution in [3.63, 3.8) is 0 Å². The van der Waals surface area contributed by atoms with Gasteiger partial charge in [-0.15, -0.1) is 0 Å². The first-order valence-electron chi connectivity index (χ1n) is 11.9. The average Bonchev–Trinajstić information content (AvgIpc) is 3.48. The molecule has 0 radical (unpaired) electrons. The number of halogens is 7. The zero-order valence-corrected chi connectivity index (χ0v) is 25.8. The molecule has 4 heterocycles. The van der Waals surface area contributed by atoms with E-state index in [4.69, 9.17) is 25.9 Å². The molecular weight excluding hydrogens is 730 g/mol. The quantitative estimate of drug-likeness (QED) is 0.192. The molecule has 0 aliphatic carbocycles. The topological polar surface area (TPSA) is 141 Å². The summed E-state index contributed by atoms with van der Waals surface area (Å²) in [6.45, 7) is 4.33. The summed E-state index contributed by atoms with van der Waals surface area (Å²) in [5.74, 6) is 0. The van der Waals surface area contributed by atoms with Crippen molar-refractivity contribution in [3.8, 4) is 0 Å². The number of nitrogens with zero attached hydrogens (tertiary/aromatic N) is 4. The molecule has 2 aliphatic rings. The van der Waals surface area contributed by atoms with Crippen molar-refractivity contribution in [1.82, 2.24) is 19.8 Å². The van der Waals surface area contributed by atoms with Crippen LogP contribution >= 0.6 is 15.9 Å². The number of rotatable bonds is 5. The SMILES string of the molecule is Brc1ccc(CN2CCC[C@H]2[C@@H]2CCCN2Cc2ccccn2)nc1.O=S(=O)(O)C(F)(F)F.O=S(=O)(O)C(F)(F)F.[Fe]. The summed E-state index contributed by atoms with van der Waals surface area (Å²) in [5, 5.41) is 0. The molecule has 0 unspecified atom stereocenters. The Morgan fingerprint density at radius 1 is 0.786 bits per heavy atom. The number of aromatic nitrogens is 2. The fourth-order valence-corrected chi connectivity index (χ4v) is 4.61. The predicted octanol–water partition coefficient (Wildman–Crippen LogP) is 4.65. The van der Waals surface area contributed by atoms with Crippen LogP contribution in [0.2, 0.25) is 0 Å². The Labute approximate surface area is 258 Å². The first-order valence-corrected chi connectivity index (χ1v) is 15.5. The van der Waals surface area contributed by atoms with Gasteiger partial charge < -0.3 is 0 Å². The van der Waals surface area contributed by atoms with Gasteiger partial charge in [-0.25, -0.2) is 0 Å². The van der Waals surface area contributed by atoms with E-state index < -0.39 is 31.3 Å². The van der Waals surface area contributed by atoms with Crippen LogP contribution in [0, 0.1) is 0 Å². The Balaban J connectivity index is 0.000000432. The predicted molar refractivity (Wildman–Crippen MR) is 138 cm³/mol. The van der Waals surface area contributed by atoms with E-state index in [2.05, 4.69) is 60.0 Å². The molecule has 2 aliphatic heterocycles. The van der Waals surface area contributed by atoms with Gasteiger partial charge in [-0.3, -0.25) is 28.9 Å². The number of hydrogen-bond acceptors (Lipinski definition) is 8. The molecule has 240 valence electrons. The van der Waals surface area contributed by atoms with E-state index in [1.165, 1.54) is 50.2 Å². The van der Waals surface area contributed by atoms with Gasteiger partial charge in [0.2, 0.25) is 0 Å². The molecule has 2 aromatic heterocycles. The van der Waals surface area contributed by atoms with Crippen molar-refractivity contribution in [2.45, 2.75) is 61.9 Å². The molecule has 2 atom stereocenters. The minimum Gasteiger partial charge on any atom is -0.293 e. The van der Waals surface area contributed by atoms with E-state index in [1.54, 1.807) is 0 Å². The molecule has 2 fully saturated rings. The van der Waals surface area contributed by atoms with Gasteiger partial charge in [-0.05, 0) is 79.0 Å². The summed E-state index contributed by atoms with van der Waals surface area (Å²) in [6.07, 6.45) is 9.03. The minimum atomic E-state index is -5.84. The third-order valence-electron chi connectivity index (χ3n) is 6.10. The Kier molecular flexibility index (Phi) is 14.8. The standard InChI is InChI=1S/C20H25BrN4.2CHF3O3S.Fe/c21-16-8-9-18(23-13-16)15-25-12-4-7-20(25)19-6-3-11-24(19)14-17-5-1-2-10-22-17;2*2-1(3,4)8(5,6)7;/h1-2,5,8-10,13,19-20H,3-4,6-7,11-12,14-15H2;2*(H,5,6,7);/t19-,20-;;;/m0.../s1.